The molecule has 1 N–H and O–H groups in total. The molecule has 1 aromatic rings. The van der Waals surface area contributed by atoms with Crippen molar-refractivity contribution in [3.63, 3.8) is 0 Å². The lowest BCUT2D eigenvalue weighted by Crippen LogP contribution is -1.96. The molecule has 0 bridgehead atoms. The minimum absolute atomic E-state index is 0.130. The summed E-state index contributed by atoms with van der Waals surface area (Å²) in [6.45, 7) is 0. The third-order valence-corrected chi connectivity index (χ3v) is 1.32. The highest BCUT2D eigenvalue weighted by Crippen LogP contribution is 2.03. The van der Waals surface area contributed by atoms with E-state index in [9.17, 15) is 4.39 Å². The molecule has 0 atom stereocenters. The first kappa shape index (κ1) is 8.21. The van der Waals surface area contributed by atoms with Crippen LogP contribution in [0.3, 0.4) is 0 Å². The highest BCUT2D eigenvalue weighted by atomic mass is 19.1. The van der Waals surface area contributed by atoms with Gasteiger partial charge in [0.25, 0.3) is 0 Å². The van der Waals surface area contributed by atoms with Crippen LogP contribution >= 0.6 is 0 Å². The van der Waals surface area contributed by atoms with Gasteiger partial charge in [0.2, 0.25) is 0 Å². The lowest BCUT2D eigenvalue weighted by Gasteiger charge is -1.93. The summed E-state index contributed by atoms with van der Waals surface area (Å²) in [7, 11) is 0. The summed E-state index contributed by atoms with van der Waals surface area (Å²) >= 11 is 0. The smallest absolute Gasteiger partial charge is 0.186 e. The fourth-order valence-corrected chi connectivity index (χ4v) is 0.752. The molecule has 4 heteroatoms. The van der Waals surface area contributed by atoms with Crippen molar-refractivity contribution in [1.82, 2.24) is 0 Å². The normalized spacial score (nSPS) is 10.8. The molecule has 0 unspecified atom stereocenters. The van der Waals surface area contributed by atoms with E-state index < -0.39 is 5.82 Å². The van der Waals surface area contributed by atoms with E-state index in [1.165, 1.54) is 24.3 Å². The van der Waals surface area contributed by atoms with Crippen molar-refractivity contribution >= 4 is 5.71 Å². The van der Waals surface area contributed by atoms with Crippen LogP contribution in [0.5, 0.6) is 0 Å². The Morgan fingerprint density at radius 2 is 2.00 bits per heavy atom. The summed E-state index contributed by atoms with van der Waals surface area (Å²) in [5.41, 5.74) is 0.261. The Morgan fingerprint density at radius 1 is 1.42 bits per heavy atom. The second-order valence-electron chi connectivity index (χ2n) is 2.07. The maximum Gasteiger partial charge on any atom is 0.186 e. The van der Waals surface area contributed by atoms with Crippen LogP contribution in [0.25, 0.3) is 0 Å². The summed E-state index contributed by atoms with van der Waals surface area (Å²) in [6, 6.07) is 6.79. The summed E-state index contributed by atoms with van der Waals surface area (Å²) in [4.78, 5) is 0. The monoisotopic (exact) mass is 164 g/mol. The van der Waals surface area contributed by atoms with Gasteiger partial charge in [-0.3, -0.25) is 0 Å². The van der Waals surface area contributed by atoms with E-state index >= 15 is 0 Å². The number of nitriles is 1. The number of oxime groups is 1. The van der Waals surface area contributed by atoms with E-state index in [4.69, 9.17) is 10.5 Å². The van der Waals surface area contributed by atoms with Gasteiger partial charge < -0.3 is 5.21 Å². The highest BCUT2D eigenvalue weighted by molar-refractivity contribution is 6.11. The van der Waals surface area contributed by atoms with Crippen molar-refractivity contribution in [2.75, 3.05) is 0 Å². The Hall–Kier alpha value is -1.89. The van der Waals surface area contributed by atoms with Gasteiger partial charge in [0, 0.05) is 5.56 Å². The molecule has 0 spiro atoms. The maximum absolute atomic E-state index is 12.4. The zero-order valence-electron chi connectivity index (χ0n) is 6.03. The molecule has 0 radical (unpaired) electrons. The molecule has 12 heavy (non-hydrogen) atoms. The molecular formula is C8H5FN2O. The molecule has 0 saturated carbocycles. The highest BCUT2D eigenvalue weighted by Gasteiger charge is 2.01. The Kier molecular flexibility index (Phi) is 2.38. The average molecular weight is 164 g/mol. The molecule has 1 aromatic carbocycles. The molecule has 0 aromatic heterocycles. The van der Waals surface area contributed by atoms with Crippen molar-refractivity contribution in [2.45, 2.75) is 0 Å². The molecular weight excluding hydrogens is 159 g/mol. The summed E-state index contributed by atoms with van der Waals surface area (Å²) < 4.78 is 12.4. The quantitative estimate of drug-likeness (QED) is 0.388. The van der Waals surface area contributed by atoms with E-state index in [0.717, 1.165) is 0 Å². The fourth-order valence-electron chi connectivity index (χ4n) is 0.752. The Balaban J connectivity index is 3.06. The van der Waals surface area contributed by atoms with Crippen LogP contribution < -0.4 is 0 Å². The predicted octanol–water partition coefficient (Wildman–Crippen LogP) is 1.53. The number of nitrogens with zero attached hydrogens (tertiary/aromatic N) is 2. The van der Waals surface area contributed by atoms with Gasteiger partial charge in [-0.1, -0.05) is 5.16 Å². The van der Waals surface area contributed by atoms with Crippen molar-refractivity contribution in [1.29, 1.82) is 5.26 Å². The molecule has 0 saturated heterocycles. The van der Waals surface area contributed by atoms with Gasteiger partial charge in [0.15, 0.2) is 5.71 Å². The molecule has 1 rings (SSSR count). The van der Waals surface area contributed by atoms with Crippen LogP contribution in [0.4, 0.5) is 4.39 Å². The first-order valence-corrected chi connectivity index (χ1v) is 3.16. The second-order valence-corrected chi connectivity index (χ2v) is 2.07. The van der Waals surface area contributed by atoms with Crippen LogP contribution in [0, 0.1) is 17.1 Å². The van der Waals surface area contributed by atoms with Gasteiger partial charge in [-0.05, 0) is 24.3 Å². The molecule has 0 aliphatic rings. The number of hydrogen-bond acceptors (Lipinski definition) is 3. The first-order valence-electron chi connectivity index (χ1n) is 3.16. The number of benzene rings is 1. The van der Waals surface area contributed by atoms with Gasteiger partial charge in [-0.25, -0.2) is 4.39 Å². The summed E-state index contributed by atoms with van der Waals surface area (Å²) in [5, 5.41) is 19.5. The van der Waals surface area contributed by atoms with E-state index in [1.54, 1.807) is 6.07 Å². The lowest BCUT2D eigenvalue weighted by molar-refractivity contribution is 0.320. The van der Waals surface area contributed by atoms with Gasteiger partial charge in [0.1, 0.15) is 11.9 Å². The first-order chi connectivity index (χ1) is 5.77. The Labute approximate surface area is 68.4 Å². The van der Waals surface area contributed by atoms with Crippen molar-refractivity contribution in [2.24, 2.45) is 5.16 Å². The van der Waals surface area contributed by atoms with Crippen LogP contribution in [0.2, 0.25) is 0 Å². The van der Waals surface area contributed by atoms with E-state index in [2.05, 4.69) is 5.16 Å². The van der Waals surface area contributed by atoms with Crippen LogP contribution in [0.15, 0.2) is 29.4 Å². The maximum atomic E-state index is 12.4. The molecule has 0 amide bonds. The summed E-state index contributed by atoms with van der Waals surface area (Å²) in [6.07, 6.45) is 0. The third-order valence-electron chi connectivity index (χ3n) is 1.32. The molecule has 60 valence electrons. The van der Waals surface area contributed by atoms with Gasteiger partial charge >= 0.3 is 0 Å². The number of rotatable bonds is 1. The zero-order chi connectivity index (χ0) is 8.97. The van der Waals surface area contributed by atoms with E-state index in [0.29, 0.717) is 5.56 Å². The van der Waals surface area contributed by atoms with Crippen LogP contribution in [0.1, 0.15) is 5.56 Å². The molecule has 3 nitrogen and oxygen atoms in total. The largest absolute Gasteiger partial charge is 0.410 e. The zero-order valence-corrected chi connectivity index (χ0v) is 6.03. The second kappa shape index (κ2) is 3.49. The van der Waals surface area contributed by atoms with Crippen molar-refractivity contribution in [3.05, 3.63) is 35.6 Å². The topological polar surface area (TPSA) is 56.4 Å². The van der Waals surface area contributed by atoms with Crippen LogP contribution in [-0.4, -0.2) is 10.9 Å². The van der Waals surface area contributed by atoms with E-state index in [-0.39, 0.29) is 5.71 Å². The number of halogens is 1. The van der Waals surface area contributed by atoms with Gasteiger partial charge in [-0.2, -0.15) is 5.26 Å². The number of hydrogen-bond donors (Lipinski definition) is 1. The average Bonchev–Trinajstić information content (AvgIpc) is 2.10. The Morgan fingerprint density at radius 3 is 2.42 bits per heavy atom. The van der Waals surface area contributed by atoms with Gasteiger partial charge in [-0.15, -0.1) is 0 Å². The lowest BCUT2D eigenvalue weighted by atomic mass is 10.1. The SMILES string of the molecule is N#CC(=NO)c1ccc(F)cc1. The Bertz CT molecular complexity index is 337. The summed E-state index contributed by atoms with van der Waals surface area (Å²) in [5.74, 6) is -0.394. The molecule has 0 heterocycles. The third kappa shape index (κ3) is 1.58. The van der Waals surface area contributed by atoms with Crippen molar-refractivity contribution in [3.8, 4) is 6.07 Å². The van der Waals surface area contributed by atoms with E-state index in [1.807, 2.05) is 0 Å². The molecule has 0 aliphatic carbocycles. The standard InChI is InChI=1S/C8H5FN2O/c9-7-3-1-6(2-4-7)8(5-10)11-12/h1-4,12H. The van der Waals surface area contributed by atoms with Gasteiger partial charge in [0.05, 0.1) is 0 Å². The molecule has 0 aliphatic heterocycles. The van der Waals surface area contributed by atoms with Crippen LogP contribution in [-0.2, 0) is 0 Å². The minimum Gasteiger partial charge on any atom is -0.410 e. The predicted molar refractivity (Wildman–Crippen MR) is 40.3 cm³/mol. The van der Waals surface area contributed by atoms with Crippen molar-refractivity contribution < 1.29 is 9.60 Å². The molecule has 0 fully saturated rings. The minimum atomic E-state index is -0.394. The fraction of sp³-hybridized carbons (Fsp3) is 0.